The zero-order valence-corrected chi connectivity index (χ0v) is 12.1. The third kappa shape index (κ3) is 5.17. The predicted molar refractivity (Wildman–Crippen MR) is 77.4 cm³/mol. The van der Waals surface area contributed by atoms with Crippen LogP contribution < -0.4 is 10.6 Å². The lowest BCUT2D eigenvalue weighted by molar-refractivity contribution is 0.0633. The van der Waals surface area contributed by atoms with Gasteiger partial charge in [-0.05, 0) is 45.9 Å². The smallest absolute Gasteiger partial charge is 0.412 e. The summed E-state index contributed by atoms with van der Waals surface area (Å²) < 4.78 is 5.12. The van der Waals surface area contributed by atoms with Crippen LogP contribution in [-0.4, -0.2) is 29.3 Å². The molecule has 6 nitrogen and oxygen atoms in total. The van der Waals surface area contributed by atoms with Gasteiger partial charge >= 0.3 is 12.1 Å². The molecule has 20 heavy (non-hydrogen) atoms. The molecule has 0 spiro atoms. The van der Waals surface area contributed by atoms with Gasteiger partial charge in [0.25, 0.3) is 0 Å². The maximum Gasteiger partial charge on any atom is 0.412 e. The lowest BCUT2D eigenvalue weighted by Gasteiger charge is -2.20. The molecule has 0 atom stereocenters. The van der Waals surface area contributed by atoms with Crippen molar-refractivity contribution in [1.82, 2.24) is 0 Å². The summed E-state index contributed by atoms with van der Waals surface area (Å²) in [5.74, 6) is -1.06. The summed E-state index contributed by atoms with van der Waals surface area (Å²) in [7, 11) is 0. The number of rotatable bonds is 4. The molecule has 3 N–H and O–H groups in total. The fourth-order valence-electron chi connectivity index (χ4n) is 1.55. The van der Waals surface area contributed by atoms with Crippen LogP contribution in [0.3, 0.4) is 0 Å². The molecule has 0 radical (unpaired) electrons. The Hall–Kier alpha value is -2.24. The summed E-state index contributed by atoms with van der Waals surface area (Å²) in [4.78, 5) is 22.7. The van der Waals surface area contributed by atoms with Crippen molar-refractivity contribution in [3.05, 3.63) is 23.8 Å². The van der Waals surface area contributed by atoms with Gasteiger partial charge in [0, 0.05) is 17.9 Å². The van der Waals surface area contributed by atoms with Crippen molar-refractivity contribution in [2.45, 2.75) is 33.3 Å². The molecule has 1 amide bonds. The molecule has 0 aliphatic heterocycles. The number of amides is 1. The highest BCUT2D eigenvalue weighted by molar-refractivity contribution is 5.93. The molecular formula is C14H20N2O4. The molecule has 1 aromatic rings. The van der Waals surface area contributed by atoms with E-state index in [1.54, 1.807) is 26.8 Å². The quantitative estimate of drug-likeness (QED) is 0.788. The van der Waals surface area contributed by atoms with Gasteiger partial charge in [0.05, 0.1) is 5.56 Å². The first kappa shape index (κ1) is 15.8. The third-order valence-corrected chi connectivity index (χ3v) is 2.21. The van der Waals surface area contributed by atoms with Gasteiger partial charge in [0.1, 0.15) is 5.60 Å². The largest absolute Gasteiger partial charge is 0.478 e. The van der Waals surface area contributed by atoms with E-state index in [4.69, 9.17) is 9.84 Å². The Bertz CT molecular complexity index is 506. The van der Waals surface area contributed by atoms with Gasteiger partial charge in [-0.15, -0.1) is 0 Å². The normalized spacial score (nSPS) is 10.8. The summed E-state index contributed by atoms with van der Waals surface area (Å²) in [6, 6.07) is 4.54. The van der Waals surface area contributed by atoms with Crippen molar-refractivity contribution in [2.24, 2.45) is 0 Å². The Morgan fingerprint density at radius 3 is 2.30 bits per heavy atom. The summed E-state index contributed by atoms with van der Waals surface area (Å²) in [5.41, 5.74) is 0.474. The number of hydrogen-bond donors (Lipinski definition) is 3. The van der Waals surface area contributed by atoms with E-state index in [1.165, 1.54) is 12.1 Å². The van der Waals surface area contributed by atoms with Gasteiger partial charge in [-0.2, -0.15) is 0 Å². The number of carboxylic acids is 1. The zero-order chi connectivity index (χ0) is 15.3. The molecule has 0 bridgehead atoms. The summed E-state index contributed by atoms with van der Waals surface area (Å²) in [5, 5.41) is 14.6. The molecule has 0 aliphatic carbocycles. The highest BCUT2D eigenvalue weighted by Crippen LogP contribution is 2.20. The topological polar surface area (TPSA) is 87.7 Å². The van der Waals surface area contributed by atoms with Gasteiger partial charge in [0.2, 0.25) is 0 Å². The first-order valence-corrected chi connectivity index (χ1v) is 6.33. The molecule has 6 heteroatoms. The fraction of sp³-hybridized carbons (Fsp3) is 0.429. The number of carboxylic acid groups (broad SMARTS) is 1. The van der Waals surface area contributed by atoms with Crippen LogP contribution in [0.2, 0.25) is 0 Å². The number of nitrogens with one attached hydrogen (secondary N) is 2. The zero-order valence-electron chi connectivity index (χ0n) is 12.1. The van der Waals surface area contributed by atoms with Gasteiger partial charge in [-0.25, -0.2) is 9.59 Å². The molecule has 1 rings (SSSR count). The number of hydrogen-bond acceptors (Lipinski definition) is 4. The maximum atomic E-state index is 11.7. The molecular weight excluding hydrogens is 260 g/mol. The predicted octanol–water partition coefficient (Wildman–Crippen LogP) is 3.16. The van der Waals surface area contributed by atoms with Crippen molar-refractivity contribution >= 4 is 23.4 Å². The minimum atomic E-state index is -1.06. The van der Waals surface area contributed by atoms with E-state index in [2.05, 4.69) is 10.6 Å². The van der Waals surface area contributed by atoms with Crippen molar-refractivity contribution in [3.63, 3.8) is 0 Å². The van der Waals surface area contributed by atoms with Gasteiger partial charge in [0.15, 0.2) is 0 Å². The molecule has 0 saturated heterocycles. The number of carbonyl (C=O) groups excluding carboxylic acids is 1. The van der Waals surface area contributed by atoms with Gasteiger partial charge in [-0.3, -0.25) is 5.32 Å². The van der Waals surface area contributed by atoms with Gasteiger partial charge < -0.3 is 15.2 Å². The van der Waals surface area contributed by atoms with E-state index in [9.17, 15) is 9.59 Å². The van der Waals surface area contributed by atoms with Crippen LogP contribution in [0.15, 0.2) is 18.2 Å². The lowest BCUT2D eigenvalue weighted by Crippen LogP contribution is -2.27. The first-order valence-electron chi connectivity index (χ1n) is 6.33. The van der Waals surface area contributed by atoms with Crippen LogP contribution in [0.25, 0.3) is 0 Å². The fourth-order valence-corrected chi connectivity index (χ4v) is 1.55. The minimum Gasteiger partial charge on any atom is -0.478 e. The maximum absolute atomic E-state index is 11.7. The van der Waals surface area contributed by atoms with Gasteiger partial charge in [-0.1, -0.05) is 0 Å². The Morgan fingerprint density at radius 1 is 1.20 bits per heavy atom. The minimum absolute atomic E-state index is 0.0921. The number of carbonyl (C=O) groups is 2. The third-order valence-electron chi connectivity index (χ3n) is 2.21. The standard InChI is InChI=1S/C14H20N2O4/c1-5-15-10-6-9(12(17)18)7-11(8-10)16-13(19)20-14(2,3)4/h6-8,15H,5H2,1-4H3,(H,16,19)(H,17,18). The lowest BCUT2D eigenvalue weighted by atomic mass is 10.1. The average Bonchev–Trinajstić information content (AvgIpc) is 2.26. The van der Waals surface area contributed by atoms with Crippen LogP contribution in [0.1, 0.15) is 38.1 Å². The van der Waals surface area contributed by atoms with E-state index in [-0.39, 0.29) is 5.56 Å². The highest BCUT2D eigenvalue weighted by atomic mass is 16.6. The van der Waals surface area contributed by atoms with Crippen LogP contribution in [-0.2, 0) is 4.74 Å². The van der Waals surface area contributed by atoms with Crippen molar-refractivity contribution in [3.8, 4) is 0 Å². The Morgan fingerprint density at radius 2 is 1.80 bits per heavy atom. The van der Waals surface area contributed by atoms with Crippen molar-refractivity contribution in [2.75, 3.05) is 17.2 Å². The molecule has 0 heterocycles. The van der Waals surface area contributed by atoms with Crippen LogP contribution in [0.4, 0.5) is 16.2 Å². The Labute approximate surface area is 118 Å². The molecule has 1 aromatic carbocycles. The molecule has 110 valence electrons. The number of benzene rings is 1. The van der Waals surface area contributed by atoms with E-state index in [0.717, 1.165) is 0 Å². The van der Waals surface area contributed by atoms with Crippen LogP contribution >= 0.6 is 0 Å². The Balaban J connectivity index is 2.93. The SMILES string of the molecule is CCNc1cc(NC(=O)OC(C)(C)C)cc(C(=O)O)c1. The molecule has 0 saturated carbocycles. The van der Waals surface area contributed by atoms with Crippen LogP contribution in [0, 0.1) is 0 Å². The Kier molecular flexibility index (Phi) is 4.96. The monoisotopic (exact) mass is 280 g/mol. The summed E-state index contributed by atoms with van der Waals surface area (Å²) in [6.45, 7) is 7.81. The van der Waals surface area contributed by atoms with Crippen molar-refractivity contribution in [1.29, 1.82) is 0 Å². The average molecular weight is 280 g/mol. The van der Waals surface area contributed by atoms with Crippen molar-refractivity contribution < 1.29 is 19.4 Å². The molecule has 0 fully saturated rings. The van der Waals surface area contributed by atoms with E-state index >= 15 is 0 Å². The molecule has 0 aromatic heterocycles. The molecule has 0 unspecified atom stereocenters. The summed E-state index contributed by atoms with van der Waals surface area (Å²) >= 11 is 0. The van der Waals surface area contributed by atoms with E-state index in [0.29, 0.717) is 17.9 Å². The molecule has 0 aliphatic rings. The first-order chi connectivity index (χ1) is 9.21. The van der Waals surface area contributed by atoms with E-state index in [1.807, 2.05) is 6.92 Å². The summed E-state index contributed by atoms with van der Waals surface area (Å²) in [6.07, 6.45) is -0.623. The number of aromatic carboxylic acids is 1. The van der Waals surface area contributed by atoms with E-state index < -0.39 is 17.7 Å². The second-order valence-electron chi connectivity index (χ2n) is 5.26. The number of ether oxygens (including phenoxy) is 1. The van der Waals surface area contributed by atoms with Crippen LogP contribution in [0.5, 0.6) is 0 Å². The number of anilines is 2. The second kappa shape index (κ2) is 6.27. The highest BCUT2D eigenvalue weighted by Gasteiger charge is 2.17. The second-order valence-corrected chi connectivity index (χ2v) is 5.26.